The molecule has 0 aliphatic heterocycles. The van der Waals surface area contributed by atoms with E-state index in [4.69, 9.17) is 4.74 Å². The van der Waals surface area contributed by atoms with Crippen molar-refractivity contribution in [3.63, 3.8) is 0 Å². The maximum atomic E-state index is 12.3. The lowest BCUT2D eigenvalue weighted by atomic mass is 9.90. The average molecular weight is 412 g/mol. The highest BCUT2D eigenvalue weighted by Crippen LogP contribution is 2.22. The van der Waals surface area contributed by atoms with Crippen LogP contribution >= 0.6 is 11.8 Å². The van der Waals surface area contributed by atoms with Crippen LogP contribution in [0, 0.1) is 6.92 Å². The number of ketones is 1. The van der Waals surface area contributed by atoms with E-state index in [2.05, 4.69) is 5.32 Å². The summed E-state index contributed by atoms with van der Waals surface area (Å²) in [4.78, 5) is 36.1. The van der Waals surface area contributed by atoms with E-state index in [1.807, 2.05) is 49.4 Å². The van der Waals surface area contributed by atoms with Crippen LogP contribution in [-0.4, -0.2) is 35.8 Å². The maximum Gasteiger partial charge on any atom is 0.316 e. The molecule has 2 aromatic rings. The second-order valence-corrected chi connectivity index (χ2v) is 8.17. The van der Waals surface area contributed by atoms with Crippen LogP contribution in [0.2, 0.25) is 0 Å². The Hall–Kier alpha value is -2.60. The molecule has 0 atom stereocenters. The number of esters is 1. The molecule has 0 unspecified atom stereocenters. The summed E-state index contributed by atoms with van der Waals surface area (Å²) in [6.45, 7) is 1.71. The molecule has 0 saturated carbocycles. The number of carbonyl (C=O) groups is 3. The van der Waals surface area contributed by atoms with Crippen molar-refractivity contribution in [1.82, 2.24) is 0 Å². The summed E-state index contributed by atoms with van der Waals surface area (Å²) in [5.41, 5.74) is 4.96. The number of Topliss-reactive ketones (excluding diaryl/α,β-unsaturated/α-hetero) is 1. The summed E-state index contributed by atoms with van der Waals surface area (Å²) in [7, 11) is 0. The lowest BCUT2D eigenvalue weighted by molar-refractivity contribution is -0.139. The van der Waals surface area contributed by atoms with E-state index in [9.17, 15) is 14.4 Å². The second kappa shape index (κ2) is 10.3. The molecule has 0 aromatic heterocycles. The summed E-state index contributed by atoms with van der Waals surface area (Å²) in [5.74, 6) is -0.712. The van der Waals surface area contributed by atoms with Crippen LogP contribution < -0.4 is 5.32 Å². The van der Waals surface area contributed by atoms with Gasteiger partial charge in [-0.15, -0.1) is 11.8 Å². The molecule has 0 heterocycles. The zero-order chi connectivity index (χ0) is 20.6. The van der Waals surface area contributed by atoms with Crippen molar-refractivity contribution in [2.24, 2.45) is 0 Å². The van der Waals surface area contributed by atoms with Crippen molar-refractivity contribution >= 4 is 35.1 Å². The predicted molar refractivity (Wildman–Crippen MR) is 116 cm³/mol. The molecule has 29 heavy (non-hydrogen) atoms. The minimum atomic E-state index is -0.496. The van der Waals surface area contributed by atoms with Crippen molar-refractivity contribution in [3.8, 4) is 0 Å². The molecule has 1 aliphatic carbocycles. The minimum Gasteiger partial charge on any atom is -0.457 e. The van der Waals surface area contributed by atoms with Crippen LogP contribution in [0.3, 0.4) is 0 Å². The van der Waals surface area contributed by atoms with Crippen molar-refractivity contribution in [2.45, 2.75) is 32.6 Å². The number of fused-ring (bicyclic) bond motifs is 1. The molecular formula is C23H25NO4S. The molecule has 3 rings (SSSR count). The van der Waals surface area contributed by atoms with E-state index in [1.54, 1.807) is 0 Å². The Morgan fingerprint density at radius 2 is 1.69 bits per heavy atom. The fourth-order valence-corrected chi connectivity index (χ4v) is 3.85. The van der Waals surface area contributed by atoms with Gasteiger partial charge in [-0.25, -0.2) is 0 Å². The third-order valence-electron chi connectivity index (χ3n) is 4.82. The van der Waals surface area contributed by atoms with E-state index in [-0.39, 0.29) is 29.8 Å². The fraction of sp³-hybridized carbons (Fsp3) is 0.348. The standard InChI is InChI=1S/C23H25NO4S/c1-16-6-10-20(11-7-16)24-22(26)14-29-15-23(27)28-13-21(25)19-9-8-17-4-2-3-5-18(17)12-19/h6-12H,2-5,13-15H2,1H3,(H,24,26). The monoisotopic (exact) mass is 411 g/mol. The van der Waals surface area contributed by atoms with Crippen LogP contribution in [0.4, 0.5) is 5.69 Å². The summed E-state index contributed by atoms with van der Waals surface area (Å²) < 4.78 is 5.07. The molecular weight excluding hydrogens is 386 g/mol. The van der Waals surface area contributed by atoms with Gasteiger partial charge >= 0.3 is 5.97 Å². The molecule has 0 saturated heterocycles. The number of rotatable bonds is 8. The lowest BCUT2D eigenvalue weighted by Gasteiger charge is -2.16. The van der Waals surface area contributed by atoms with E-state index in [0.29, 0.717) is 5.56 Å². The highest BCUT2D eigenvalue weighted by atomic mass is 32.2. The van der Waals surface area contributed by atoms with Crippen LogP contribution in [0.1, 0.15) is 39.9 Å². The Balaban J connectivity index is 1.36. The first-order valence-corrected chi connectivity index (χ1v) is 10.9. The van der Waals surface area contributed by atoms with E-state index < -0.39 is 5.97 Å². The number of ether oxygens (including phenoxy) is 1. The van der Waals surface area contributed by atoms with E-state index in [0.717, 1.165) is 42.3 Å². The molecule has 0 radical (unpaired) electrons. The highest BCUT2D eigenvalue weighted by molar-refractivity contribution is 8.00. The summed E-state index contributed by atoms with van der Waals surface area (Å²) in [6.07, 6.45) is 4.40. The molecule has 1 N–H and O–H groups in total. The molecule has 6 heteroatoms. The first-order chi connectivity index (χ1) is 14.0. The number of thioether (sulfide) groups is 1. The quantitative estimate of drug-likeness (QED) is 0.526. The normalized spacial score (nSPS) is 12.7. The van der Waals surface area contributed by atoms with Gasteiger partial charge in [-0.05, 0) is 61.9 Å². The first kappa shape index (κ1) is 21.1. The van der Waals surface area contributed by atoms with Gasteiger partial charge in [0.2, 0.25) is 5.91 Å². The van der Waals surface area contributed by atoms with Crippen molar-refractivity contribution in [2.75, 3.05) is 23.4 Å². The van der Waals surface area contributed by atoms with Crippen molar-refractivity contribution in [1.29, 1.82) is 0 Å². The van der Waals surface area contributed by atoms with Gasteiger partial charge in [0.15, 0.2) is 12.4 Å². The Morgan fingerprint density at radius 3 is 2.45 bits per heavy atom. The van der Waals surface area contributed by atoms with Crippen molar-refractivity contribution in [3.05, 3.63) is 64.7 Å². The second-order valence-electron chi connectivity index (χ2n) is 7.18. The molecule has 0 fully saturated rings. The zero-order valence-electron chi connectivity index (χ0n) is 16.5. The maximum absolute atomic E-state index is 12.3. The molecule has 1 amide bonds. The molecule has 1 aliphatic rings. The average Bonchev–Trinajstić information content (AvgIpc) is 2.73. The third-order valence-corrected chi connectivity index (χ3v) is 5.73. The summed E-state index contributed by atoms with van der Waals surface area (Å²) in [5, 5.41) is 2.77. The van der Waals surface area contributed by atoms with Gasteiger partial charge in [-0.2, -0.15) is 0 Å². The van der Waals surface area contributed by atoms with E-state index >= 15 is 0 Å². The molecule has 5 nitrogen and oxygen atoms in total. The van der Waals surface area contributed by atoms with E-state index in [1.165, 1.54) is 17.5 Å². The third kappa shape index (κ3) is 6.46. The zero-order valence-corrected chi connectivity index (χ0v) is 17.3. The number of anilines is 1. The molecule has 2 aromatic carbocycles. The SMILES string of the molecule is Cc1ccc(NC(=O)CSCC(=O)OCC(=O)c2ccc3c(c2)CCCC3)cc1. The number of hydrogen-bond donors (Lipinski definition) is 1. The van der Waals surface area contributed by atoms with Gasteiger partial charge in [0.05, 0.1) is 11.5 Å². The number of hydrogen-bond acceptors (Lipinski definition) is 5. The van der Waals surface area contributed by atoms with Gasteiger partial charge in [-0.3, -0.25) is 14.4 Å². The molecule has 0 bridgehead atoms. The Labute approximate surface area is 175 Å². The number of nitrogens with one attached hydrogen (secondary N) is 1. The van der Waals surface area contributed by atoms with Gasteiger partial charge in [0.25, 0.3) is 0 Å². The summed E-state index contributed by atoms with van der Waals surface area (Å²) >= 11 is 1.16. The number of benzene rings is 2. The van der Waals surface area contributed by atoms with Gasteiger partial charge in [0, 0.05) is 11.3 Å². The smallest absolute Gasteiger partial charge is 0.316 e. The number of amides is 1. The highest BCUT2D eigenvalue weighted by Gasteiger charge is 2.15. The lowest BCUT2D eigenvalue weighted by Crippen LogP contribution is -2.18. The Kier molecular flexibility index (Phi) is 7.47. The van der Waals surface area contributed by atoms with Gasteiger partial charge in [0.1, 0.15) is 0 Å². The predicted octanol–water partition coefficient (Wildman–Crippen LogP) is 3.97. The van der Waals surface area contributed by atoms with Crippen LogP contribution in [-0.2, 0) is 27.2 Å². The topological polar surface area (TPSA) is 72.5 Å². The van der Waals surface area contributed by atoms with Crippen LogP contribution in [0.5, 0.6) is 0 Å². The van der Waals surface area contributed by atoms with Gasteiger partial charge in [-0.1, -0.05) is 29.8 Å². The first-order valence-electron chi connectivity index (χ1n) is 9.76. The van der Waals surface area contributed by atoms with Crippen LogP contribution in [0.25, 0.3) is 0 Å². The van der Waals surface area contributed by atoms with Crippen LogP contribution in [0.15, 0.2) is 42.5 Å². The molecule has 0 spiro atoms. The Morgan fingerprint density at radius 1 is 0.966 bits per heavy atom. The fourth-order valence-electron chi connectivity index (χ4n) is 3.24. The van der Waals surface area contributed by atoms with Gasteiger partial charge < -0.3 is 10.1 Å². The molecule has 152 valence electrons. The van der Waals surface area contributed by atoms with Crippen molar-refractivity contribution < 1.29 is 19.1 Å². The minimum absolute atomic E-state index is 0.0266. The summed E-state index contributed by atoms with van der Waals surface area (Å²) in [6, 6.07) is 13.2. The largest absolute Gasteiger partial charge is 0.457 e. The number of aryl methyl sites for hydroxylation is 3. The Bertz CT molecular complexity index is 892. The number of carbonyl (C=O) groups excluding carboxylic acids is 3.